The largest absolute Gasteiger partial charge is 0.490 e. The lowest BCUT2D eigenvalue weighted by molar-refractivity contribution is -0.125. The molecule has 2 aliphatic heterocycles. The molecule has 2 aliphatic rings. The van der Waals surface area contributed by atoms with Gasteiger partial charge in [-0.3, -0.25) is 9.69 Å². The third-order valence-electron chi connectivity index (χ3n) is 5.80. The number of ether oxygens (including phenoxy) is 2. The topological polar surface area (TPSA) is 71.0 Å². The molecular formula is C22H34N2O4. The van der Waals surface area contributed by atoms with E-state index in [1.54, 1.807) is 0 Å². The number of nitrogens with zero attached hydrogens (tertiary/aromatic N) is 1. The number of piperidine rings is 1. The van der Waals surface area contributed by atoms with E-state index in [4.69, 9.17) is 9.47 Å². The van der Waals surface area contributed by atoms with E-state index in [9.17, 15) is 9.90 Å². The molecule has 3 unspecified atom stereocenters. The monoisotopic (exact) mass is 390 g/mol. The van der Waals surface area contributed by atoms with Crippen molar-refractivity contribution in [2.24, 2.45) is 5.92 Å². The molecule has 3 atom stereocenters. The summed E-state index contributed by atoms with van der Waals surface area (Å²) in [5.41, 5.74) is 1.03. The summed E-state index contributed by atoms with van der Waals surface area (Å²) in [5, 5.41) is 13.2. The maximum Gasteiger partial charge on any atom is 0.234 e. The molecule has 0 aromatic heterocycles. The van der Waals surface area contributed by atoms with Crippen LogP contribution in [0.2, 0.25) is 0 Å². The van der Waals surface area contributed by atoms with Crippen LogP contribution in [-0.2, 0) is 4.79 Å². The van der Waals surface area contributed by atoms with Gasteiger partial charge in [-0.25, -0.2) is 0 Å². The lowest BCUT2D eigenvalue weighted by atomic mass is 9.94. The molecule has 0 saturated carbocycles. The first-order valence-electron chi connectivity index (χ1n) is 10.5. The summed E-state index contributed by atoms with van der Waals surface area (Å²) in [6.07, 6.45) is 2.03. The third kappa shape index (κ3) is 4.97. The fourth-order valence-electron chi connectivity index (χ4n) is 4.29. The average molecular weight is 391 g/mol. The van der Waals surface area contributed by atoms with Crippen LogP contribution in [0, 0.1) is 5.92 Å². The Morgan fingerprint density at radius 3 is 2.46 bits per heavy atom. The van der Waals surface area contributed by atoms with Gasteiger partial charge in [0.15, 0.2) is 11.5 Å². The van der Waals surface area contributed by atoms with Crippen LogP contribution < -0.4 is 14.8 Å². The molecule has 3 rings (SSSR count). The number of amides is 1. The van der Waals surface area contributed by atoms with Gasteiger partial charge in [0.05, 0.1) is 31.9 Å². The Hall–Kier alpha value is -1.79. The van der Waals surface area contributed by atoms with Crippen molar-refractivity contribution in [2.45, 2.75) is 71.2 Å². The number of aliphatic hydroxyl groups excluding tert-OH is 1. The van der Waals surface area contributed by atoms with Crippen LogP contribution in [-0.4, -0.2) is 53.9 Å². The van der Waals surface area contributed by atoms with Crippen LogP contribution in [0.5, 0.6) is 11.5 Å². The van der Waals surface area contributed by atoms with Gasteiger partial charge in [-0.15, -0.1) is 0 Å². The lowest BCUT2D eigenvalue weighted by Gasteiger charge is -2.40. The minimum absolute atomic E-state index is 0.0147. The van der Waals surface area contributed by atoms with E-state index in [2.05, 4.69) is 37.9 Å². The molecule has 28 heavy (non-hydrogen) atoms. The van der Waals surface area contributed by atoms with E-state index in [1.165, 1.54) is 0 Å². The number of hydrogen-bond donors (Lipinski definition) is 2. The third-order valence-corrected chi connectivity index (χ3v) is 5.80. The molecule has 0 radical (unpaired) electrons. The van der Waals surface area contributed by atoms with Gasteiger partial charge in [-0.2, -0.15) is 0 Å². The van der Waals surface area contributed by atoms with Gasteiger partial charge in [0.2, 0.25) is 5.91 Å². The number of hydrogen-bond acceptors (Lipinski definition) is 5. The van der Waals surface area contributed by atoms with E-state index in [0.29, 0.717) is 32.6 Å². The minimum atomic E-state index is -0.269. The van der Waals surface area contributed by atoms with Gasteiger partial charge in [-0.05, 0) is 50.3 Å². The van der Waals surface area contributed by atoms with Crippen molar-refractivity contribution in [1.82, 2.24) is 10.2 Å². The first kappa shape index (κ1) is 20.9. The summed E-state index contributed by atoms with van der Waals surface area (Å²) in [4.78, 5) is 15.0. The summed E-state index contributed by atoms with van der Waals surface area (Å²) in [6.45, 7) is 10.0. The highest BCUT2D eigenvalue weighted by molar-refractivity contribution is 5.78. The van der Waals surface area contributed by atoms with Gasteiger partial charge in [0, 0.05) is 18.5 Å². The van der Waals surface area contributed by atoms with Gasteiger partial charge in [0.1, 0.15) is 0 Å². The first-order chi connectivity index (χ1) is 13.3. The minimum Gasteiger partial charge on any atom is -0.490 e. The van der Waals surface area contributed by atoms with Crippen molar-refractivity contribution in [3.05, 3.63) is 23.8 Å². The molecule has 0 spiro atoms. The predicted molar refractivity (Wildman–Crippen MR) is 109 cm³/mol. The van der Waals surface area contributed by atoms with Gasteiger partial charge in [-0.1, -0.05) is 19.9 Å². The number of carbonyl (C=O) groups is 1. The smallest absolute Gasteiger partial charge is 0.234 e. The second kappa shape index (κ2) is 9.14. The van der Waals surface area contributed by atoms with Crippen molar-refractivity contribution in [3.63, 3.8) is 0 Å². The normalized spacial score (nSPS) is 26.6. The molecule has 1 aromatic rings. The molecule has 1 saturated heterocycles. The molecule has 0 bridgehead atoms. The highest BCUT2D eigenvalue weighted by Crippen LogP contribution is 2.34. The zero-order chi connectivity index (χ0) is 20.3. The van der Waals surface area contributed by atoms with Gasteiger partial charge >= 0.3 is 0 Å². The highest BCUT2D eigenvalue weighted by Gasteiger charge is 2.31. The van der Waals surface area contributed by atoms with E-state index in [-0.39, 0.29) is 36.1 Å². The molecule has 2 heterocycles. The standard InChI is InChI=1S/C22H34N2O4/c1-14(2)22(17-6-7-19-20(12-17)28-9-5-8-27-19)23-21(26)13-24-15(3)10-18(25)11-16(24)4/h6-7,12,14-16,18,22,25H,5,8-11,13H2,1-4H3,(H,23,26). The second-order valence-corrected chi connectivity index (χ2v) is 8.54. The van der Waals surface area contributed by atoms with Crippen LogP contribution in [0.4, 0.5) is 0 Å². The Morgan fingerprint density at radius 2 is 1.82 bits per heavy atom. The van der Waals surface area contributed by atoms with Crippen molar-refractivity contribution < 1.29 is 19.4 Å². The average Bonchev–Trinajstić information content (AvgIpc) is 2.87. The fraction of sp³-hybridized carbons (Fsp3) is 0.682. The Balaban J connectivity index is 1.69. The van der Waals surface area contributed by atoms with Gasteiger partial charge in [0.25, 0.3) is 0 Å². The molecule has 1 amide bonds. The summed E-state index contributed by atoms with van der Waals surface area (Å²) in [6, 6.07) is 6.24. The van der Waals surface area contributed by atoms with Crippen LogP contribution in [0.15, 0.2) is 18.2 Å². The van der Waals surface area contributed by atoms with Crippen LogP contribution in [0.1, 0.15) is 58.6 Å². The van der Waals surface area contributed by atoms with Crippen molar-refractivity contribution in [2.75, 3.05) is 19.8 Å². The molecule has 1 aromatic carbocycles. The van der Waals surface area contributed by atoms with Crippen LogP contribution in [0.3, 0.4) is 0 Å². The molecule has 6 heteroatoms. The molecule has 2 N–H and O–H groups in total. The Kier molecular flexibility index (Phi) is 6.83. The van der Waals surface area contributed by atoms with E-state index in [1.807, 2.05) is 18.2 Å². The number of rotatable bonds is 5. The zero-order valence-corrected chi connectivity index (χ0v) is 17.5. The molecule has 6 nitrogen and oxygen atoms in total. The number of benzene rings is 1. The van der Waals surface area contributed by atoms with Crippen molar-refractivity contribution in [1.29, 1.82) is 0 Å². The van der Waals surface area contributed by atoms with Crippen LogP contribution in [0.25, 0.3) is 0 Å². The molecular weight excluding hydrogens is 356 g/mol. The molecule has 0 aliphatic carbocycles. The number of fused-ring (bicyclic) bond motifs is 1. The van der Waals surface area contributed by atoms with E-state index < -0.39 is 0 Å². The molecule has 1 fully saturated rings. The van der Waals surface area contributed by atoms with Crippen LogP contribution >= 0.6 is 0 Å². The number of carbonyl (C=O) groups excluding carboxylic acids is 1. The number of aliphatic hydroxyl groups is 1. The van der Waals surface area contributed by atoms with E-state index in [0.717, 1.165) is 23.5 Å². The predicted octanol–water partition coefficient (Wildman–Crippen LogP) is 2.89. The highest BCUT2D eigenvalue weighted by atomic mass is 16.5. The summed E-state index contributed by atoms with van der Waals surface area (Å²) in [5.74, 6) is 1.78. The Morgan fingerprint density at radius 1 is 1.18 bits per heavy atom. The number of nitrogens with one attached hydrogen (secondary N) is 1. The Bertz CT molecular complexity index is 667. The summed E-state index contributed by atoms with van der Waals surface area (Å²) in [7, 11) is 0. The molecule has 156 valence electrons. The van der Waals surface area contributed by atoms with E-state index >= 15 is 0 Å². The lowest BCUT2D eigenvalue weighted by Crippen LogP contribution is -2.52. The number of likely N-dealkylation sites (tertiary alicyclic amines) is 1. The van der Waals surface area contributed by atoms with Crippen molar-refractivity contribution >= 4 is 5.91 Å². The maximum atomic E-state index is 12.8. The SMILES string of the molecule is CC(C)C(NC(=O)CN1C(C)CC(O)CC1C)c1ccc2c(c1)OCCCO2. The van der Waals surface area contributed by atoms with Crippen molar-refractivity contribution in [3.8, 4) is 11.5 Å². The fourth-order valence-corrected chi connectivity index (χ4v) is 4.29. The quantitative estimate of drug-likeness (QED) is 0.809. The maximum absolute atomic E-state index is 12.8. The zero-order valence-electron chi connectivity index (χ0n) is 17.5. The van der Waals surface area contributed by atoms with Gasteiger partial charge < -0.3 is 19.9 Å². The second-order valence-electron chi connectivity index (χ2n) is 8.54. The summed E-state index contributed by atoms with van der Waals surface area (Å²) < 4.78 is 11.5. The first-order valence-corrected chi connectivity index (χ1v) is 10.5. The summed E-state index contributed by atoms with van der Waals surface area (Å²) >= 11 is 0. The Labute approximate surface area is 168 Å².